The van der Waals surface area contributed by atoms with Crippen molar-refractivity contribution < 1.29 is 80.2 Å². The van der Waals surface area contributed by atoms with E-state index < -0.39 is 97.5 Å². The van der Waals surface area contributed by atoms with Gasteiger partial charge in [0.05, 0.1) is 26.4 Å². The summed E-state index contributed by atoms with van der Waals surface area (Å²) in [7, 11) is -9.93. The van der Waals surface area contributed by atoms with Gasteiger partial charge in [0, 0.05) is 25.7 Å². The topological polar surface area (TPSA) is 237 Å². The van der Waals surface area contributed by atoms with Crippen LogP contribution in [-0.4, -0.2) is 96.7 Å². The summed E-state index contributed by atoms with van der Waals surface area (Å²) < 4.78 is 68.7. The first-order chi connectivity index (χ1) is 48.9. The molecule has 101 heavy (non-hydrogen) atoms. The van der Waals surface area contributed by atoms with Gasteiger partial charge in [-0.3, -0.25) is 37.3 Å². The zero-order valence-electron chi connectivity index (χ0n) is 65.7. The van der Waals surface area contributed by atoms with Gasteiger partial charge in [0.15, 0.2) is 12.2 Å². The lowest BCUT2D eigenvalue weighted by atomic mass is 10.0. The van der Waals surface area contributed by atoms with Crippen LogP contribution in [-0.2, 0) is 65.4 Å². The van der Waals surface area contributed by atoms with Crippen molar-refractivity contribution >= 4 is 39.5 Å². The molecule has 0 rings (SSSR count). The van der Waals surface area contributed by atoms with Crippen molar-refractivity contribution in [1.29, 1.82) is 0 Å². The molecule has 3 N–H and O–H groups in total. The Balaban J connectivity index is 5.25. The zero-order chi connectivity index (χ0) is 74.2. The first kappa shape index (κ1) is 98.5. The molecule has 2 unspecified atom stereocenters. The highest BCUT2D eigenvalue weighted by molar-refractivity contribution is 7.47. The number of allylic oxidation sites excluding steroid dienone is 4. The van der Waals surface area contributed by atoms with Crippen LogP contribution in [0.3, 0.4) is 0 Å². The molecule has 0 aromatic carbocycles. The number of unbranched alkanes of at least 4 members (excludes halogenated alkanes) is 46. The van der Waals surface area contributed by atoms with E-state index in [0.717, 1.165) is 115 Å². The van der Waals surface area contributed by atoms with E-state index in [1.807, 2.05) is 0 Å². The van der Waals surface area contributed by atoms with Crippen LogP contribution in [0, 0.1) is 11.8 Å². The molecule has 0 aromatic rings. The minimum atomic E-state index is -4.97. The number of rotatable bonds is 79. The fourth-order valence-corrected chi connectivity index (χ4v) is 13.8. The number of aliphatic hydroxyl groups is 1. The maximum atomic E-state index is 13.1. The van der Waals surface area contributed by atoms with E-state index >= 15 is 0 Å². The molecular formula is C82H156O17P2. The van der Waals surface area contributed by atoms with Crippen LogP contribution >= 0.6 is 15.6 Å². The number of esters is 4. The molecule has 0 spiro atoms. The Morgan fingerprint density at radius 2 is 0.535 bits per heavy atom. The number of carbonyl (C=O) groups is 4. The average molecular weight is 1480 g/mol. The lowest BCUT2D eigenvalue weighted by Gasteiger charge is -2.21. The van der Waals surface area contributed by atoms with Crippen molar-refractivity contribution in [1.82, 2.24) is 0 Å². The van der Waals surface area contributed by atoms with Crippen LogP contribution in [0.1, 0.15) is 408 Å². The van der Waals surface area contributed by atoms with Gasteiger partial charge in [0.1, 0.15) is 19.3 Å². The van der Waals surface area contributed by atoms with Gasteiger partial charge in [-0.15, -0.1) is 0 Å². The van der Waals surface area contributed by atoms with Crippen molar-refractivity contribution in [3.8, 4) is 0 Å². The van der Waals surface area contributed by atoms with E-state index in [4.69, 9.17) is 37.0 Å². The third-order valence-corrected chi connectivity index (χ3v) is 20.5. The first-order valence-corrected chi connectivity index (χ1v) is 44.8. The third kappa shape index (κ3) is 75.6. The van der Waals surface area contributed by atoms with E-state index in [0.29, 0.717) is 25.7 Å². The lowest BCUT2D eigenvalue weighted by molar-refractivity contribution is -0.161. The monoisotopic (exact) mass is 1480 g/mol. The van der Waals surface area contributed by atoms with E-state index in [-0.39, 0.29) is 25.7 Å². The molecule has 0 saturated heterocycles. The molecule has 0 heterocycles. The molecule has 0 aliphatic carbocycles. The van der Waals surface area contributed by atoms with Gasteiger partial charge in [-0.2, -0.15) is 0 Å². The number of ether oxygens (including phenoxy) is 4. The maximum absolute atomic E-state index is 13.1. The Hall–Kier alpha value is -2.46. The zero-order valence-corrected chi connectivity index (χ0v) is 67.5. The van der Waals surface area contributed by atoms with Gasteiger partial charge < -0.3 is 33.8 Å². The standard InChI is InChI=1S/C82H156O17P2/c1-7-9-11-13-15-17-18-19-23-31-36-42-48-54-60-66-81(86)98-77(70-92-79(84)64-58-52-46-38-16-14-12-10-8-2)72-96-100(88,89)94-68-76(83)69-95-101(90,91)97-73-78(71-93-80(85)65-59-53-47-41-35-30-27-22-25-29-34-40-45-51-57-63-75(5)6)99-82(87)67-61-55-49-43-37-32-26-21-20-24-28-33-39-44-50-56-62-74(3)4/h17-19,23,74-78,83H,7-16,20-22,24-73H2,1-6H3,(H,88,89)(H,90,91)/b18-17-,23-19-/t76-,77+,78+/m0/s1. The van der Waals surface area contributed by atoms with Crippen LogP contribution < -0.4 is 0 Å². The molecule has 0 aliphatic heterocycles. The van der Waals surface area contributed by atoms with Gasteiger partial charge in [-0.1, -0.05) is 355 Å². The van der Waals surface area contributed by atoms with Gasteiger partial charge in [-0.25, -0.2) is 9.13 Å². The minimum Gasteiger partial charge on any atom is -0.462 e. The number of aliphatic hydroxyl groups excluding tert-OH is 1. The molecule has 0 aliphatic rings. The Morgan fingerprint density at radius 1 is 0.307 bits per heavy atom. The van der Waals surface area contributed by atoms with E-state index in [9.17, 15) is 43.2 Å². The molecule has 5 atom stereocenters. The summed E-state index contributed by atoms with van der Waals surface area (Å²) in [4.78, 5) is 73.0. The molecule has 0 aromatic heterocycles. The smallest absolute Gasteiger partial charge is 0.462 e. The second-order valence-corrected chi connectivity index (χ2v) is 32.7. The van der Waals surface area contributed by atoms with Gasteiger partial charge in [0.2, 0.25) is 0 Å². The van der Waals surface area contributed by atoms with Crippen molar-refractivity contribution in [2.45, 2.75) is 426 Å². The summed E-state index contributed by atoms with van der Waals surface area (Å²) in [5.41, 5.74) is 0. The lowest BCUT2D eigenvalue weighted by Crippen LogP contribution is -2.30. The maximum Gasteiger partial charge on any atom is 0.472 e. The van der Waals surface area contributed by atoms with Crippen LogP contribution in [0.15, 0.2) is 24.3 Å². The second-order valence-electron chi connectivity index (χ2n) is 29.8. The average Bonchev–Trinajstić information content (AvgIpc) is 0.958. The minimum absolute atomic E-state index is 0.0852. The molecule has 0 fully saturated rings. The van der Waals surface area contributed by atoms with E-state index in [1.54, 1.807) is 0 Å². The highest BCUT2D eigenvalue weighted by Gasteiger charge is 2.30. The summed E-state index contributed by atoms with van der Waals surface area (Å²) in [5, 5.41) is 10.6. The van der Waals surface area contributed by atoms with Gasteiger partial charge in [-0.05, 0) is 63.2 Å². The largest absolute Gasteiger partial charge is 0.472 e. The fourth-order valence-electron chi connectivity index (χ4n) is 12.2. The number of phosphoric acid groups is 2. The summed E-state index contributed by atoms with van der Waals surface area (Å²) in [6.07, 6.45) is 66.0. The molecule has 0 radical (unpaired) electrons. The van der Waals surface area contributed by atoms with Crippen molar-refractivity contribution in [2.75, 3.05) is 39.6 Å². The number of carbonyl (C=O) groups excluding carboxylic acids is 4. The van der Waals surface area contributed by atoms with Crippen molar-refractivity contribution in [3.63, 3.8) is 0 Å². The molecular weight excluding hydrogens is 1320 g/mol. The third-order valence-electron chi connectivity index (χ3n) is 18.6. The van der Waals surface area contributed by atoms with Crippen LogP contribution in [0.4, 0.5) is 0 Å². The van der Waals surface area contributed by atoms with Crippen molar-refractivity contribution in [3.05, 3.63) is 24.3 Å². The van der Waals surface area contributed by atoms with Crippen LogP contribution in [0.25, 0.3) is 0 Å². The molecule has 17 nitrogen and oxygen atoms in total. The SMILES string of the molecule is CCCCCC/C=C\C=C/CCCCCCCC(=O)O[C@H](COC(=O)CCCCCCCCCCC)COP(=O)(O)OC[C@H](O)COP(=O)(O)OC[C@@H](COC(=O)CCCCCCCCCCCCCCCCCC(C)C)OC(=O)CCCCCCCCCCCCCCCCCCC(C)C. The van der Waals surface area contributed by atoms with Crippen LogP contribution in [0.2, 0.25) is 0 Å². The molecule has 0 bridgehead atoms. The fraction of sp³-hybridized carbons (Fsp3) is 0.902. The molecule has 0 amide bonds. The quantitative estimate of drug-likeness (QED) is 0.0169. The predicted molar refractivity (Wildman–Crippen MR) is 414 cm³/mol. The Bertz CT molecular complexity index is 2040. The van der Waals surface area contributed by atoms with E-state index in [1.165, 1.54) is 212 Å². The second kappa shape index (κ2) is 73.1. The molecule has 0 saturated carbocycles. The number of hydrogen-bond acceptors (Lipinski definition) is 15. The van der Waals surface area contributed by atoms with Gasteiger partial charge in [0.25, 0.3) is 0 Å². The molecule has 19 heteroatoms. The summed E-state index contributed by atoms with van der Waals surface area (Å²) in [6.45, 7) is 9.61. The summed E-state index contributed by atoms with van der Waals surface area (Å²) >= 11 is 0. The Labute approximate surface area is 618 Å². The molecule has 596 valence electrons. The van der Waals surface area contributed by atoms with E-state index in [2.05, 4.69) is 65.8 Å². The van der Waals surface area contributed by atoms with Gasteiger partial charge >= 0.3 is 39.5 Å². The summed E-state index contributed by atoms with van der Waals surface area (Å²) in [5.74, 6) is -0.526. The number of phosphoric ester groups is 2. The normalized spacial score (nSPS) is 14.0. The first-order valence-electron chi connectivity index (χ1n) is 41.8. The predicted octanol–water partition coefficient (Wildman–Crippen LogP) is 24.2. The Morgan fingerprint density at radius 3 is 0.812 bits per heavy atom. The van der Waals surface area contributed by atoms with Crippen LogP contribution in [0.5, 0.6) is 0 Å². The summed E-state index contributed by atoms with van der Waals surface area (Å²) in [6, 6.07) is 0. The Kier molecular flexibility index (Phi) is 71.3. The number of hydrogen-bond donors (Lipinski definition) is 3. The van der Waals surface area contributed by atoms with Crippen molar-refractivity contribution in [2.24, 2.45) is 11.8 Å². The highest BCUT2D eigenvalue weighted by atomic mass is 31.2. The highest BCUT2D eigenvalue weighted by Crippen LogP contribution is 2.45.